The third-order valence-electron chi connectivity index (χ3n) is 2.26. The summed E-state index contributed by atoms with van der Waals surface area (Å²) in [4.78, 5) is 30.3. The first-order valence-electron chi connectivity index (χ1n) is 6.78. The molecule has 1 rings (SSSR count). The molecule has 11 heteroatoms. The van der Waals surface area contributed by atoms with E-state index in [2.05, 4.69) is 5.32 Å². The van der Waals surface area contributed by atoms with E-state index in [1.54, 1.807) is 0 Å². The van der Waals surface area contributed by atoms with E-state index in [-0.39, 0.29) is 4.90 Å². The van der Waals surface area contributed by atoms with E-state index in [1.165, 1.54) is 24.3 Å². The summed E-state index contributed by atoms with van der Waals surface area (Å²) in [5.74, 6) is -2.51. The Bertz CT molecular complexity index is 714. The number of amides is 2. The Balaban J connectivity index is 0.000000609. The van der Waals surface area contributed by atoms with Gasteiger partial charge in [-0.05, 0) is 30.7 Å². The maximum Gasteiger partial charge on any atom is 0.328 e. The molecule has 0 saturated carbocycles. The highest BCUT2D eigenvalue weighted by Crippen LogP contribution is 2.13. The van der Waals surface area contributed by atoms with Gasteiger partial charge in [0.1, 0.15) is 0 Å². The number of halogens is 1. The van der Waals surface area contributed by atoms with Crippen molar-refractivity contribution >= 4 is 39.6 Å². The minimum atomic E-state index is -3.83. The number of hydrogen-bond acceptors (Lipinski definition) is 5. The van der Waals surface area contributed by atoms with Gasteiger partial charge in [-0.2, -0.15) is 0 Å². The van der Waals surface area contributed by atoms with Gasteiger partial charge in [-0.1, -0.05) is 18.5 Å². The first-order valence-corrected chi connectivity index (χ1v) is 8.64. The monoisotopic (exact) mass is 392 g/mol. The Hall–Kier alpha value is -2.59. The van der Waals surface area contributed by atoms with E-state index in [1.807, 2.05) is 11.6 Å². The average molecular weight is 393 g/mol. The average Bonchev–Trinajstić information content (AvgIpc) is 2.51. The van der Waals surface area contributed by atoms with Gasteiger partial charge in [0.05, 0.1) is 4.90 Å². The molecule has 0 spiro atoms. The predicted molar refractivity (Wildman–Crippen MR) is 89.9 cm³/mol. The number of sulfonamides is 1. The Labute approximate surface area is 149 Å². The zero-order valence-corrected chi connectivity index (χ0v) is 14.7. The van der Waals surface area contributed by atoms with Crippen LogP contribution in [0.1, 0.15) is 13.3 Å². The number of hydrogen-bond donors (Lipinski definition) is 4. The van der Waals surface area contributed by atoms with E-state index in [0.29, 0.717) is 23.7 Å². The predicted octanol–water partition coefficient (Wildman–Crippen LogP) is 1.45. The van der Waals surface area contributed by atoms with E-state index < -0.39 is 28.0 Å². The Morgan fingerprint density at radius 2 is 1.56 bits per heavy atom. The van der Waals surface area contributed by atoms with Gasteiger partial charge in [0.2, 0.25) is 0 Å². The number of aliphatic carboxylic acids is 2. The number of carbonyl (C=O) groups excluding carboxylic acids is 1. The number of nitrogens with one attached hydrogen (secondary N) is 2. The lowest BCUT2D eigenvalue weighted by Crippen LogP contribution is -2.39. The summed E-state index contributed by atoms with van der Waals surface area (Å²) in [5, 5.41) is 18.5. The Morgan fingerprint density at radius 3 is 1.96 bits per heavy atom. The summed E-state index contributed by atoms with van der Waals surface area (Å²) in [6, 6.07) is 4.82. The maximum absolute atomic E-state index is 11.7. The van der Waals surface area contributed by atoms with Crippen LogP contribution in [0.4, 0.5) is 4.79 Å². The maximum atomic E-state index is 11.7. The molecule has 4 N–H and O–H groups in total. The van der Waals surface area contributed by atoms with E-state index in [4.69, 9.17) is 21.8 Å². The van der Waals surface area contributed by atoms with Crippen molar-refractivity contribution in [3.05, 3.63) is 41.4 Å². The van der Waals surface area contributed by atoms with Crippen LogP contribution in [0.5, 0.6) is 0 Å². The van der Waals surface area contributed by atoms with E-state index in [9.17, 15) is 22.8 Å². The minimum absolute atomic E-state index is 0.00597. The van der Waals surface area contributed by atoms with Gasteiger partial charge in [-0.15, -0.1) is 0 Å². The van der Waals surface area contributed by atoms with Crippen LogP contribution >= 0.6 is 11.6 Å². The molecule has 0 aliphatic rings. The summed E-state index contributed by atoms with van der Waals surface area (Å²) in [7, 11) is -3.83. The summed E-state index contributed by atoms with van der Waals surface area (Å²) in [6.07, 6.45) is 1.85. The smallest absolute Gasteiger partial charge is 0.328 e. The molecule has 0 atom stereocenters. The Kier molecular flexibility index (Phi) is 9.91. The molecule has 1 aromatic carbocycles. The molecule has 0 saturated heterocycles. The van der Waals surface area contributed by atoms with E-state index in [0.717, 1.165) is 6.42 Å². The summed E-state index contributed by atoms with van der Waals surface area (Å²) >= 11 is 5.64. The van der Waals surface area contributed by atoms with Gasteiger partial charge in [-0.25, -0.2) is 27.5 Å². The number of carboxylic acid groups (broad SMARTS) is 2. The molecule has 25 heavy (non-hydrogen) atoms. The standard InChI is InChI=1S/C10H13ClN2O3S.C4H4O4/c1-2-7-12-10(14)13-17(15,16)9-5-3-8(11)4-6-9;5-3(6)1-2-4(7)8/h3-6H,2,7H2,1H3,(H2,12,13,14);1-2H,(H,5,6)(H,7,8). The number of carboxylic acids is 2. The quantitative estimate of drug-likeness (QED) is 0.535. The molecular formula is C14H17ClN2O7S. The van der Waals surface area contributed by atoms with E-state index >= 15 is 0 Å². The highest BCUT2D eigenvalue weighted by molar-refractivity contribution is 7.90. The van der Waals surface area contributed by atoms with Crippen LogP contribution in [0, 0.1) is 0 Å². The van der Waals surface area contributed by atoms with Crippen molar-refractivity contribution in [2.75, 3.05) is 6.54 Å². The lowest BCUT2D eigenvalue weighted by molar-refractivity contribution is -0.134. The third-order valence-corrected chi connectivity index (χ3v) is 3.85. The highest BCUT2D eigenvalue weighted by Gasteiger charge is 2.16. The molecule has 0 radical (unpaired) electrons. The molecule has 1 aromatic rings. The van der Waals surface area contributed by atoms with Gasteiger partial charge in [0.25, 0.3) is 10.0 Å². The first-order chi connectivity index (χ1) is 11.6. The van der Waals surface area contributed by atoms with Crippen LogP contribution < -0.4 is 10.0 Å². The summed E-state index contributed by atoms with van der Waals surface area (Å²) < 4.78 is 25.3. The topological polar surface area (TPSA) is 150 Å². The SMILES string of the molecule is CCCNC(=O)NS(=O)(=O)c1ccc(Cl)cc1.O=C(O)C=CC(=O)O. The van der Waals surface area contributed by atoms with Crippen molar-refractivity contribution in [3.8, 4) is 0 Å². The van der Waals surface area contributed by atoms with Gasteiger partial charge in [0.15, 0.2) is 0 Å². The normalized spacial score (nSPS) is 10.5. The molecule has 0 aromatic heterocycles. The van der Waals surface area contributed by atoms with Crippen molar-refractivity contribution in [2.45, 2.75) is 18.2 Å². The molecule has 0 aliphatic carbocycles. The number of urea groups is 1. The second-order valence-corrected chi connectivity index (χ2v) is 6.44. The van der Waals surface area contributed by atoms with Gasteiger partial charge in [-0.3, -0.25) is 0 Å². The van der Waals surface area contributed by atoms with Crippen LogP contribution in [0.2, 0.25) is 5.02 Å². The van der Waals surface area contributed by atoms with Crippen LogP contribution in [0.25, 0.3) is 0 Å². The van der Waals surface area contributed by atoms with Crippen LogP contribution in [-0.2, 0) is 19.6 Å². The van der Waals surface area contributed by atoms with Crippen molar-refractivity contribution in [2.24, 2.45) is 0 Å². The largest absolute Gasteiger partial charge is 0.478 e. The fraction of sp³-hybridized carbons (Fsp3) is 0.214. The summed E-state index contributed by atoms with van der Waals surface area (Å²) in [5.41, 5.74) is 0. The lowest BCUT2D eigenvalue weighted by atomic mass is 10.4. The molecule has 2 amide bonds. The van der Waals surface area contributed by atoms with Crippen molar-refractivity contribution in [1.82, 2.24) is 10.0 Å². The molecule has 0 fully saturated rings. The molecule has 0 bridgehead atoms. The first kappa shape index (κ1) is 22.4. The highest BCUT2D eigenvalue weighted by atomic mass is 35.5. The second-order valence-electron chi connectivity index (χ2n) is 4.33. The van der Waals surface area contributed by atoms with Crippen molar-refractivity contribution in [1.29, 1.82) is 0 Å². The third kappa shape index (κ3) is 10.7. The molecule has 9 nitrogen and oxygen atoms in total. The van der Waals surface area contributed by atoms with Crippen LogP contribution in [0.3, 0.4) is 0 Å². The fourth-order valence-corrected chi connectivity index (χ4v) is 2.27. The fourth-order valence-electron chi connectivity index (χ4n) is 1.21. The lowest BCUT2D eigenvalue weighted by Gasteiger charge is -2.07. The van der Waals surface area contributed by atoms with Crippen molar-refractivity contribution in [3.63, 3.8) is 0 Å². The van der Waals surface area contributed by atoms with Crippen LogP contribution in [-0.4, -0.2) is 43.1 Å². The van der Waals surface area contributed by atoms with Crippen molar-refractivity contribution < 1.29 is 33.0 Å². The zero-order valence-electron chi connectivity index (χ0n) is 13.1. The summed E-state index contributed by atoms with van der Waals surface area (Å²) in [6.45, 7) is 2.29. The number of rotatable bonds is 6. The van der Waals surface area contributed by atoms with Gasteiger partial charge < -0.3 is 15.5 Å². The Morgan fingerprint density at radius 1 is 1.08 bits per heavy atom. The zero-order chi connectivity index (χ0) is 19.5. The van der Waals surface area contributed by atoms with Gasteiger partial charge in [0, 0.05) is 23.7 Å². The molecule has 138 valence electrons. The molecule has 0 unspecified atom stereocenters. The minimum Gasteiger partial charge on any atom is -0.478 e. The molecule has 0 heterocycles. The molecule has 0 aliphatic heterocycles. The number of carbonyl (C=O) groups is 3. The second kappa shape index (κ2) is 11.0. The van der Waals surface area contributed by atoms with Crippen LogP contribution in [0.15, 0.2) is 41.3 Å². The van der Waals surface area contributed by atoms with Gasteiger partial charge >= 0.3 is 18.0 Å². The number of benzene rings is 1. The molecular weight excluding hydrogens is 376 g/mol.